The fraction of sp³-hybridized carbons (Fsp3) is 0.643. The van der Waals surface area contributed by atoms with Crippen molar-refractivity contribution in [1.29, 1.82) is 0 Å². The Bertz CT molecular complexity index is 497. The molecule has 2 fully saturated rings. The van der Waals surface area contributed by atoms with Crippen LogP contribution in [0.4, 0.5) is 0 Å². The molecule has 1 aliphatic carbocycles. The number of fused-ring (bicyclic) bond motifs is 1. The fourth-order valence-electron chi connectivity index (χ4n) is 3.25. The lowest BCUT2D eigenvalue weighted by Gasteiger charge is -2.20. The molecule has 0 aromatic rings. The summed E-state index contributed by atoms with van der Waals surface area (Å²) in [6.45, 7) is 1.35. The molecule has 0 unspecified atom stereocenters. The molecule has 108 valence electrons. The van der Waals surface area contributed by atoms with E-state index in [1.54, 1.807) is 11.0 Å². The van der Waals surface area contributed by atoms with Gasteiger partial charge in [0.05, 0.1) is 11.8 Å². The maximum Gasteiger partial charge on any atom is 0.242 e. The molecule has 0 bridgehead atoms. The van der Waals surface area contributed by atoms with Crippen LogP contribution in [-0.4, -0.2) is 47.2 Å². The number of carbonyl (C=O) groups excluding carboxylic acids is 3. The number of rotatable bonds is 2. The molecular weight excluding hydrogens is 280 g/mol. The molecule has 2 heterocycles. The first kappa shape index (κ1) is 13.6. The van der Waals surface area contributed by atoms with Crippen LogP contribution in [0, 0.1) is 11.8 Å². The van der Waals surface area contributed by atoms with E-state index < -0.39 is 0 Å². The van der Waals surface area contributed by atoms with E-state index in [0.29, 0.717) is 17.9 Å². The highest BCUT2D eigenvalue weighted by molar-refractivity contribution is 6.30. The predicted molar refractivity (Wildman–Crippen MR) is 72.7 cm³/mol. The van der Waals surface area contributed by atoms with E-state index in [1.807, 2.05) is 0 Å². The highest BCUT2D eigenvalue weighted by Gasteiger charge is 2.49. The molecule has 3 aliphatic rings. The van der Waals surface area contributed by atoms with Crippen LogP contribution in [0.25, 0.3) is 0 Å². The number of nitrogens with zero attached hydrogens (tertiary/aromatic N) is 2. The zero-order valence-corrected chi connectivity index (χ0v) is 11.9. The van der Waals surface area contributed by atoms with E-state index >= 15 is 0 Å². The zero-order valence-electron chi connectivity index (χ0n) is 11.2. The van der Waals surface area contributed by atoms with Crippen molar-refractivity contribution in [3.63, 3.8) is 0 Å². The molecular formula is C14H17ClN2O3. The molecule has 2 aliphatic heterocycles. The van der Waals surface area contributed by atoms with Gasteiger partial charge in [-0.25, -0.2) is 0 Å². The number of likely N-dealkylation sites (tertiary alicyclic amines) is 2. The Kier molecular flexibility index (Phi) is 3.54. The summed E-state index contributed by atoms with van der Waals surface area (Å²) in [7, 11) is 0. The molecule has 0 saturated carbocycles. The van der Waals surface area contributed by atoms with Crippen LogP contribution >= 0.6 is 11.6 Å². The molecule has 3 rings (SSSR count). The van der Waals surface area contributed by atoms with Crippen molar-refractivity contribution < 1.29 is 14.4 Å². The van der Waals surface area contributed by atoms with E-state index in [4.69, 9.17) is 11.6 Å². The van der Waals surface area contributed by atoms with Crippen LogP contribution in [0.3, 0.4) is 0 Å². The molecule has 2 saturated heterocycles. The van der Waals surface area contributed by atoms with E-state index in [-0.39, 0.29) is 36.1 Å². The maximum absolute atomic E-state index is 12.3. The minimum atomic E-state index is -0.369. The van der Waals surface area contributed by atoms with Gasteiger partial charge in [0.2, 0.25) is 17.7 Å². The highest BCUT2D eigenvalue weighted by Crippen LogP contribution is 2.38. The van der Waals surface area contributed by atoms with Crippen LogP contribution in [0.5, 0.6) is 0 Å². The van der Waals surface area contributed by atoms with Gasteiger partial charge in [0.1, 0.15) is 6.54 Å². The molecule has 5 nitrogen and oxygen atoms in total. The summed E-state index contributed by atoms with van der Waals surface area (Å²) in [6.07, 6.45) is 4.73. The van der Waals surface area contributed by atoms with E-state index in [1.165, 1.54) is 0 Å². The van der Waals surface area contributed by atoms with E-state index in [9.17, 15) is 14.4 Å². The maximum atomic E-state index is 12.3. The molecule has 0 radical (unpaired) electrons. The minimum Gasteiger partial charge on any atom is -0.341 e. The Morgan fingerprint density at radius 2 is 1.85 bits per heavy atom. The molecule has 0 N–H and O–H groups in total. The quantitative estimate of drug-likeness (QED) is 0.718. The van der Waals surface area contributed by atoms with Gasteiger partial charge in [-0.05, 0) is 25.7 Å². The third kappa shape index (κ3) is 2.24. The van der Waals surface area contributed by atoms with Gasteiger partial charge in [-0.2, -0.15) is 0 Å². The van der Waals surface area contributed by atoms with Crippen LogP contribution in [0.2, 0.25) is 0 Å². The van der Waals surface area contributed by atoms with Crippen molar-refractivity contribution in [2.75, 3.05) is 19.6 Å². The van der Waals surface area contributed by atoms with Gasteiger partial charge in [0.15, 0.2) is 0 Å². The molecule has 2 atom stereocenters. The van der Waals surface area contributed by atoms with Gasteiger partial charge in [-0.1, -0.05) is 17.7 Å². The predicted octanol–water partition coefficient (Wildman–Crippen LogP) is 1.13. The second-order valence-electron chi connectivity index (χ2n) is 5.65. The smallest absolute Gasteiger partial charge is 0.242 e. The Morgan fingerprint density at radius 3 is 2.55 bits per heavy atom. The average molecular weight is 297 g/mol. The third-order valence-electron chi connectivity index (χ3n) is 4.41. The van der Waals surface area contributed by atoms with Gasteiger partial charge in [0, 0.05) is 18.1 Å². The third-order valence-corrected chi connectivity index (χ3v) is 4.72. The summed E-state index contributed by atoms with van der Waals surface area (Å²) in [5, 5.41) is 0.639. The molecule has 20 heavy (non-hydrogen) atoms. The Balaban J connectivity index is 1.70. The number of hydrogen-bond donors (Lipinski definition) is 0. The van der Waals surface area contributed by atoms with Gasteiger partial charge < -0.3 is 4.90 Å². The summed E-state index contributed by atoms with van der Waals surface area (Å²) in [5.41, 5.74) is 0. The monoisotopic (exact) mass is 296 g/mol. The average Bonchev–Trinajstić information content (AvgIpc) is 3.03. The van der Waals surface area contributed by atoms with Crippen molar-refractivity contribution in [3.8, 4) is 0 Å². The molecule has 0 aromatic carbocycles. The number of carbonyl (C=O) groups is 3. The number of hydrogen-bond acceptors (Lipinski definition) is 3. The fourth-order valence-corrected chi connectivity index (χ4v) is 3.51. The summed E-state index contributed by atoms with van der Waals surface area (Å²) >= 11 is 5.96. The van der Waals surface area contributed by atoms with Gasteiger partial charge in [0.25, 0.3) is 0 Å². The summed E-state index contributed by atoms with van der Waals surface area (Å²) < 4.78 is 0. The minimum absolute atomic E-state index is 0.109. The van der Waals surface area contributed by atoms with Crippen molar-refractivity contribution in [2.45, 2.75) is 25.7 Å². The highest BCUT2D eigenvalue weighted by atomic mass is 35.5. The first-order valence-electron chi connectivity index (χ1n) is 7.05. The zero-order chi connectivity index (χ0) is 14.3. The van der Waals surface area contributed by atoms with Crippen molar-refractivity contribution >= 4 is 29.3 Å². The number of amides is 3. The second kappa shape index (κ2) is 5.20. The van der Waals surface area contributed by atoms with Gasteiger partial charge >= 0.3 is 0 Å². The van der Waals surface area contributed by atoms with Crippen molar-refractivity contribution in [2.24, 2.45) is 11.8 Å². The lowest BCUT2D eigenvalue weighted by Crippen LogP contribution is -2.42. The summed E-state index contributed by atoms with van der Waals surface area (Å²) in [4.78, 5) is 39.5. The van der Waals surface area contributed by atoms with Crippen LogP contribution in [0.1, 0.15) is 25.7 Å². The standard InChI is InChI=1S/C14H17ClN2O3/c15-9-3-4-10-11(7-9)14(20)17(13(10)19)8-12(18)16-5-1-2-6-16/h3,10-11H,1-2,4-8H2/t10-,11-/m1/s1. The molecule has 6 heteroatoms. The second-order valence-corrected chi connectivity index (χ2v) is 6.14. The SMILES string of the molecule is O=C(CN1C(=O)[C@@H]2CC=C(Cl)C[C@H]2C1=O)N1CCCC1. The topological polar surface area (TPSA) is 57.7 Å². The Morgan fingerprint density at radius 1 is 1.20 bits per heavy atom. The molecule has 0 aromatic heterocycles. The van der Waals surface area contributed by atoms with Gasteiger partial charge in [-0.3, -0.25) is 19.3 Å². The van der Waals surface area contributed by atoms with E-state index in [0.717, 1.165) is 30.8 Å². The summed E-state index contributed by atoms with van der Waals surface area (Å²) in [5.74, 6) is -1.27. The van der Waals surface area contributed by atoms with Crippen LogP contribution < -0.4 is 0 Å². The molecule has 3 amide bonds. The number of allylic oxidation sites excluding steroid dienone is 2. The molecule has 0 spiro atoms. The van der Waals surface area contributed by atoms with Gasteiger partial charge in [-0.15, -0.1) is 0 Å². The number of halogens is 1. The normalized spacial score (nSPS) is 29.8. The van der Waals surface area contributed by atoms with E-state index in [2.05, 4.69) is 0 Å². The Labute approximate surface area is 122 Å². The van der Waals surface area contributed by atoms with Crippen LogP contribution in [0.15, 0.2) is 11.1 Å². The first-order valence-corrected chi connectivity index (χ1v) is 7.43. The summed E-state index contributed by atoms with van der Waals surface area (Å²) in [6, 6.07) is 0. The lowest BCUT2D eigenvalue weighted by atomic mass is 9.85. The van der Waals surface area contributed by atoms with Crippen LogP contribution in [-0.2, 0) is 14.4 Å². The lowest BCUT2D eigenvalue weighted by molar-refractivity contribution is -0.146. The Hall–Kier alpha value is -1.36. The number of imide groups is 1. The van der Waals surface area contributed by atoms with Crippen molar-refractivity contribution in [1.82, 2.24) is 9.80 Å². The first-order chi connectivity index (χ1) is 9.58. The largest absolute Gasteiger partial charge is 0.341 e. The van der Waals surface area contributed by atoms with Crippen molar-refractivity contribution in [3.05, 3.63) is 11.1 Å².